The molecule has 0 bridgehead atoms. The zero-order chi connectivity index (χ0) is 14.5. The Morgan fingerprint density at radius 3 is 2.57 bits per heavy atom. The number of aryl methyl sites for hydroxylation is 1. The minimum Gasteiger partial charge on any atom is -0.326 e. The molecule has 0 spiro atoms. The van der Waals surface area contributed by atoms with Crippen LogP contribution in [0.3, 0.4) is 0 Å². The highest BCUT2D eigenvalue weighted by Crippen LogP contribution is 2.20. The van der Waals surface area contributed by atoms with Gasteiger partial charge >= 0.3 is 0 Å². The van der Waals surface area contributed by atoms with E-state index in [0.717, 1.165) is 42.9 Å². The average molecular weight is 377 g/mol. The molecule has 1 N–H and O–H groups in total. The first-order valence-corrected chi connectivity index (χ1v) is 7.81. The van der Waals surface area contributed by atoms with E-state index < -0.39 is 0 Å². The monoisotopic (exact) mass is 375 g/mol. The van der Waals surface area contributed by atoms with Crippen molar-refractivity contribution in [2.75, 3.05) is 45.1 Å². The number of carbonyl (C=O) groups excluding carboxylic acids is 1. The Morgan fingerprint density at radius 2 is 1.95 bits per heavy atom. The molecule has 0 radical (unpaired) electrons. The van der Waals surface area contributed by atoms with Crippen molar-refractivity contribution in [2.24, 2.45) is 0 Å². The first-order valence-electron chi connectivity index (χ1n) is 7.01. The van der Waals surface area contributed by atoms with Gasteiger partial charge in [0.05, 0.1) is 0 Å². The van der Waals surface area contributed by atoms with Gasteiger partial charge in [0, 0.05) is 49.3 Å². The molecule has 1 aromatic rings. The summed E-state index contributed by atoms with van der Waals surface area (Å²) in [6.07, 6.45) is 0.551. The average Bonchev–Trinajstić information content (AvgIpc) is 2.42. The fourth-order valence-electron chi connectivity index (χ4n) is 2.23. The predicted molar refractivity (Wildman–Crippen MR) is 93.3 cm³/mol. The van der Waals surface area contributed by atoms with Gasteiger partial charge in [-0.05, 0) is 31.7 Å². The molecule has 2 rings (SSSR count). The van der Waals surface area contributed by atoms with E-state index in [1.807, 2.05) is 25.1 Å². The molecule has 6 heteroatoms. The van der Waals surface area contributed by atoms with E-state index in [0.29, 0.717) is 6.42 Å². The van der Waals surface area contributed by atoms with Crippen LogP contribution in [0, 0.1) is 6.92 Å². The molecule has 0 unspecified atom stereocenters. The van der Waals surface area contributed by atoms with Crippen LogP contribution >= 0.6 is 28.3 Å². The number of anilines is 1. The fraction of sp³-hybridized carbons (Fsp3) is 0.533. The molecule has 0 saturated carbocycles. The van der Waals surface area contributed by atoms with Gasteiger partial charge in [-0.3, -0.25) is 4.79 Å². The maximum atomic E-state index is 12.0. The van der Waals surface area contributed by atoms with Crippen molar-refractivity contribution in [3.05, 3.63) is 28.2 Å². The molecule has 21 heavy (non-hydrogen) atoms. The van der Waals surface area contributed by atoms with E-state index >= 15 is 0 Å². The Bertz CT molecular complexity index is 476. The van der Waals surface area contributed by atoms with Gasteiger partial charge in [0.15, 0.2) is 0 Å². The van der Waals surface area contributed by atoms with E-state index in [-0.39, 0.29) is 18.3 Å². The van der Waals surface area contributed by atoms with E-state index in [1.165, 1.54) is 5.56 Å². The third kappa shape index (κ3) is 5.94. The zero-order valence-electron chi connectivity index (χ0n) is 12.6. The van der Waals surface area contributed by atoms with Gasteiger partial charge in [-0.25, -0.2) is 0 Å². The molecular formula is C15H23BrClN3O. The number of amides is 1. The summed E-state index contributed by atoms with van der Waals surface area (Å²) in [5.41, 5.74) is 2.02. The number of likely N-dealkylation sites (N-methyl/N-ethyl adjacent to an activating group) is 1. The molecule has 1 amide bonds. The summed E-state index contributed by atoms with van der Waals surface area (Å²) in [4.78, 5) is 16.6. The summed E-state index contributed by atoms with van der Waals surface area (Å²) in [6.45, 7) is 7.16. The molecule has 1 aliphatic rings. The maximum absolute atomic E-state index is 12.0. The predicted octanol–water partition coefficient (Wildman–Crippen LogP) is 2.76. The highest BCUT2D eigenvalue weighted by atomic mass is 79.9. The molecule has 1 saturated heterocycles. The van der Waals surface area contributed by atoms with E-state index in [2.05, 4.69) is 38.1 Å². The van der Waals surface area contributed by atoms with Gasteiger partial charge in [0.1, 0.15) is 0 Å². The SMILES string of the molecule is Cc1ccc(NC(=O)CCN2CCN(C)CC2)cc1Br.Cl. The van der Waals surface area contributed by atoms with Crippen molar-refractivity contribution < 1.29 is 4.79 Å². The summed E-state index contributed by atoms with van der Waals surface area (Å²) in [5.74, 6) is 0.0830. The lowest BCUT2D eigenvalue weighted by Crippen LogP contribution is -2.45. The number of carbonyl (C=O) groups is 1. The highest BCUT2D eigenvalue weighted by molar-refractivity contribution is 9.10. The first-order chi connectivity index (χ1) is 9.54. The van der Waals surface area contributed by atoms with Gasteiger partial charge in [0.25, 0.3) is 0 Å². The van der Waals surface area contributed by atoms with Crippen molar-refractivity contribution in [1.29, 1.82) is 0 Å². The Morgan fingerprint density at radius 1 is 1.29 bits per heavy atom. The number of hydrogen-bond acceptors (Lipinski definition) is 3. The second kappa shape index (κ2) is 8.73. The van der Waals surface area contributed by atoms with Crippen molar-refractivity contribution in [2.45, 2.75) is 13.3 Å². The van der Waals surface area contributed by atoms with Crippen molar-refractivity contribution in [1.82, 2.24) is 9.80 Å². The van der Waals surface area contributed by atoms with Crippen LogP contribution in [0.15, 0.2) is 22.7 Å². The number of nitrogens with zero attached hydrogens (tertiary/aromatic N) is 2. The standard InChI is InChI=1S/C15H22BrN3O.ClH/c1-12-3-4-13(11-14(12)16)17-15(20)5-6-19-9-7-18(2)8-10-19;/h3-4,11H,5-10H2,1-2H3,(H,17,20);1H. The topological polar surface area (TPSA) is 35.6 Å². The summed E-state index contributed by atoms with van der Waals surface area (Å²) < 4.78 is 1.02. The van der Waals surface area contributed by atoms with E-state index in [4.69, 9.17) is 0 Å². The van der Waals surface area contributed by atoms with Gasteiger partial charge in [0.2, 0.25) is 5.91 Å². The molecular weight excluding hydrogens is 354 g/mol. The maximum Gasteiger partial charge on any atom is 0.225 e. The van der Waals surface area contributed by atoms with Gasteiger partial charge in [-0.1, -0.05) is 22.0 Å². The molecule has 1 aliphatic heterocycles. The molecule has 0 aliphatic carbocycles. The second-order valence-electron chi connectivity index (χ2n) is 5.41. The minimum absolute atomic E-state index is 0. The summed E-state index contributed by atoms with van der Waals surface area (Å²) in [5, 5.41) is 2.95. The van der Waals surface area contributed by atoms with Crippen LogP contribution in [0.25, 0.3) is 0 Å². The second-order valence-corrected chi connectivity index (χ2v) is 6.26. The smallest absolute Gasteiger partial charge is 0.225 e. The number of rotatable bonds is 4. The van der Waals surface area contributed by atoms with Crippen LogP contribution in [0.5, 0.6) is 0 Å². The van der Waals surface area contributed by atoms with E-state index in [9.17, 15) is 4.79 Å². The van der Waals surface area contributed by atoms with Crippen LogP contribution in [0.2, 0.25) is 0 Å². The number of nitrogens with one attached hydrogen (secondary N) is 1. The van der Waals surface area contributed by atoms with Gasteiger partial charge in [-0.2, -0.15) is 0 Å². The lowest BCUT2D eigenvalue weighted by molar-refractivity contribution is -0.116. The van der Waals surface area contributed by atoms with Gasteiger partial charge < -0.3 is 15.1 Å². The number of hydrogen-bond donors (Lipinski definition) is 1. The first kappa shape index (κ1) is 18.4. The fourth-order valence-corrected chi connectivity index (χ4v) is 2.60. The summed E-state index contributed by atoms with van der Waals surface area (Å²) >= 11 is 3.48. The molecule has 0 atom stereocenters. The Kier molecular flexibility index (Phi) is 7.66. The van der Waals surface area contributed by atoms with Gasteiger partial charge in [-0.15, -0.1) is 12.4 Å². The minimum atomic E-state index is 0. The number of benzene rings is 1. The lowest BCUT2D eigenvalue weighted by atomic mass is 10.2. The van der Waals surface area contributed by atoms with Crippen LogP contribution in [-0.4, -0.2) is 55.5 Å². The molecule has 1 heterocycles. The van der Waals surface area contributed by atoms with Crippen molar-refractivity contribution >= 4 is 39.9 Å². The van der Waals surface area contributed by atoms with Crippen molar-refractivity contribution in [3.63, 3.8) is 0 Å². The highest BCUT2D eigenvalue weighted by Gasteiger charge is 2.14. The molecule has 118 valence electrons. The summed E-state index contributed by atoms with van der Waals surface area (Å²) in [7, 11) is 2.14. The third-order valence-corrected chi connectivity index (χ3v) is 4.56. The normalized spacial score (nSPS) is 16.3. The van der Waals surface area contributed by atoms with Crippen molar-refractivity contribution in [3.8, 4) is 0 Å². The molecule has 0 aromatic heterocycles. The lowest BCUT2D eigenvalue weighted by Gasteiger charge is -2.32. The molecule has 4 nitrogen and oxygen atoms in total. The zero-order valence-corrected chi connectivity index (χ0v) is 15.0. The number of piperazine rings is 1. The Hall–Kier alpha value is -0.620. The summed E-state index contributed by atoms with van der Waals surface area (Å²) in [6, 6.07) is 5.89. The third-order valence-electron chi connectivity index (χ3n) is 3.71. The largest absolute Gasteiger partial charge is 0.326 e. The Balaban J connectivity index is 0.00000220. The van der Waals surface area contributed by atoms with Crippen LogP contribution in [0.1, 0.15) is 12.0 Å². The van der Waals surface area contributed by atoms with Crippen LogP contribution < -0.4 is 5.32 Å². The molecule has 1 aromatic carbocycles. The number of halogens is 2. The molecule has 1 fully saturated rings. The van der Waals surface area contributed by atoms with E-state index in [1.54, 1.807) is 0 Å². The van der Waals surface area contributed by atoms with Crippen LogP contribution in [-0.2, 0) is 4.79 Å². The Labute approximate surface area is 141 Å². The van der Waals surface area contributed by atoms with Crippen LogP contribution in [0.4, 0.5) is 5.69 Å². The quantitative estimate of drug-likeness (QED) is 0.877.